The van der Waals surface area contributed by atoms with E-state index in [1.165, 1.54) is 18.7 Å². The Morgan fingerprint density at radius 2 is 2.12 bits per heavy atom. The number of amides is 1. The number of carbonyl (C=O) groups excluding carboxylic acids is 2. The maximum atomic E-state index is 12.5. The molecule has 0 unspecified atom stereocenters. The number of β-lactam (4-membered cyclic amide) rings is 1. The van der Waals surface area contributed by atoms with Gasteiger partial charge in [-0.25, -0.2) is 9.59 Å². The molecule has 140 valence electrons. The van der Waals surface area contributed by atoms with Gasteiger partial charge in [0.15, 0.2) is 18.1 Å². The zero-order valence-electron chi connectivity index (χ0n) is 13.3. The first-order valence-electron chi connectivity index (χ1n) is 7.35. The molecule has 0 aliphatic carbocycles. The number of alkyl halides is 3. The fourth-order valence-corrected chi connectivity index (χ4v) is 3.69. The average molecular weight is 391 g/mol. The second kappa shape index (κ2) is 6.71. The second-order valence-corrected chi connectivity index (χ2v) is 6.66. The summed E-state index contributed by atoms with van der Waals surface area (Å²) in [6.45, 7) is 0.979. The Bertz CT molecular complexity index is 865. The van der Waals surface area contributed by atoms with Crippen molar-refractivity contribution in [1.82, 2.24) is 4.90 Å². The number of carbonyl (C=O) groups is 2. The molecule has 1 aromatic heterocycles. The summed E-state index contributed by atoms with van der Waals surface area (Å²) in [7, 11) is 0. The van der Waals surface area contributed by atoms with Crippen molar-refractivity contribution < 1.29 is 36.3 Å². The molecule has 2 aliphatic rings. The van der Waals surface area contributed by atoms with Gasteiger partial charge in [0.25, 0.3) is 0 Å². The maximum absolute atomic E-state index is 12.5. The van der Waals surface area contributed by atoms with Crippen molar-refractivity contribution in [2.75, 3.05) is 5.75 Å². The highest BCUT2D eigenvalue weighted by atomic mass is 32.2. The van der Waals surface area contributed by atoms with Crippen LogP contribution in [0.25, 0.3) is 0 Å². The lowest BCUT2D eigenvalue weighted by Crippen LogP contribution is -2.54. The lowest BCUT2D eigenvalue weighted by atomic mass is 10.1. The minimum absolute atomic E-state index is 0.0000260. The highest BCUT2D eigenvalue weighted by Crippen LogP contribution is 2.41. The van der Waals surface area contributed by atoms with E-state index in [1.807, 2.05) is 0 Å². The Labute approximate surface area is 148 Å². The van der Waals surface area contributed by atoms with E-state index in [4.69, 9.17) is 9.15 Å². The lowest BCUT2D eigenvalue weighted by molar-refractivity contribution is -0.150. The third-order valence-electron chi connectivity index (χ3n) is 3.72. The molecule has 1 saturated heterocycles. The molecule has 3 rings (SSSR count). The van der Waals surface area contributed by atoms with Crippen molar-refractivity contribution in [3.05, 3.63) is 45.6 Å². The molecule has 0 saturated carbocycles. The van der Waals surface area contributed by atoms with Crippen LogP contribution in [0, 0.1) is 6.92 Å². The molecular formula is C15H12F3NO6S. The Morgan fingerprint density at radius 3 is 2.69 bits per heavy atom. The normalized spacial score (nSPS) is 20.4. The van der Waals surface area contributed by atoms with Gasteiger partial charge in [-0.3, -0.25) is 9.69 Å². The fourth-order valence-electron chi connectivity index (χ4n) is 2.46. The zero-order chi connectivity index (χ0) is 19.1. The molecule has 26 heavy (non-hydrogen) atoms. The van der Waals surface area contributed by atoms with Gasteiger partial charge in [-0.1, -0.05) is 6.08 Å². The van der Waals surface area contributed by atoms with Gasteiger partial charge in [0, 0.05) is 11.8 Å². The third-order valence-corrected chi connectivity index (χ3v) is 4.96. The van der Waals surface area contributed by atoms with Crippen LogP contribution in [0.5, 0.6) is 0 Å². The lowest BCUT2D eigenvalue weighted by Gasteiger charge is -2.44. The van der Waals surface area contributed by atoms with Gasteiger partial charge in [-0.05, 0) is 12.5 Å². The highest BCUT2D eigenvalue weighted by molar-refractivity contribution is 8.00. The summed E-state index contributed by atoms with van der Waals surface area (Å²) >= 11 is 1.26. The second-order valence-electron chi connectivity index (χ2n) is 5.49. The first kappa shape index (κ1) is 18.4. The monoisotopic (exact) mass is 391 g/mol. The van der Waals surface area contributed by atoms with Crippen LogP contribution in [0.15, 0.2) is 37.1 Å². The summed E-state index contributed by atoms with van der Waals surface area (Å²) in [5.74, 6) is -2.09. The van der Waals surface area contributed by atoms with E-state index in [-0.39, 0.29) is 52.3 Å². The maximum Gasteiger partial charge on any atom is 0.519 e. The molecule has 0 radical (unpaired) electrons. The first-order chi connectivity index (χ1) is 12.2. The zero-order valence-corrected chi connectivity index (χ0v) is 14.1. The van der Waals surface area contributed by atoms with Crippen LogP contribution in [0.1, 0.15) is 17.9 Å². The summed E-state index contributed by atoms with van der Waals surface area (Å²) in [4.78, 5) is 36.3. The number of halogens is 3. The van der Waals surface area contributed by atoms with E-state index in [9.17, 15) is 27.6 Å². The van der Waals surface area contributed by atoms with Gasteiger partial charge in [-0.15, -0.1) is 11.8 Å². The number of hydrogen-bond acceptors (Lipinski definition) is 7. The molecule has 2 aliphatic heterocycles. The minimum Gasteiger partial charge on any atom is -0.453 e. The van der Waals surface area contributed by atoms with Crippen LogP contribution in [-0.2, 0) is 20.9 Å². The Kier molecular flexibility index (Phi) is 4.74. The molecule has 0 spiro atoms. The van der Waals surface area contributed by atoms with Crippen molar-refractivity contribution in [2.24, 2.45) is 0 Å². The number of nitrogens with zero attached hydrogens (tertiary/aromatic N) is 1. The largest absolute Gasteiger partial charge is 0.519 e. The van der Waals surface area contributed by atoms with Crippen molar-refractivity contribution in [3.63, 3.8) is 0 Å². The Hall–Kier alpha value is -2.43. The number of fused-ring (bicyclic) bond motifs is 1. The van der Waals surface area contributed by atoms with Crippen molar-refractivity contribution in [1.29, 1.82) is 0 Å². The number of ether oxygens (including phenoxy) is 1. The van der Waals surface area contributed by atoms with E-state index >= 15 is 0 Å². The highest BCUT2D eigenvalue weighted by Gasteiger charge is 2.45. The quantitative estimate of drug-likeness (QED) is 0.574. The summed E-state index contributed by atoms with van der Waals surface area (Å²) < 4.78 is 51.7. The summed E-state index contributed by atoms with van der Waals surface area (Å²) in [5.41, 5.74) is -0.194. The molecule has 3 heterocycles. The third kappa shape index (κ3) is 3.71. The number of hydrogen-bond donors (Lipinski definition) is 0. The molecule has 1 aromatic rings. The van der Waals surface area contributed by atoms with Gasteiger partial charge < -0.3 is 13.6 Å². The number of rotatable bonds is 4. The van der Waals surface area contributed by atoms with Crippen molar-refractivity contribution >= 4 is 23.6 Å². The fraction of sp³-hybridized carbons (Fsp3) is 0.400. The Morgan fingerprint density at radius 1 is 1.38 bits per heavy atom. The number of aryl methyl sites for hydroxylation is 1. The van der Waals surface area contributed by atoms with E-state index in [2.05, 4.69) is 4.42 Å². The van der Waals surface area contributed by atoms with E-state index < -0.39 is 24.6 Å². The standard InChI is InChI=1S/C15H12F3NO6S/c1-7-9(25-14(22)24-7)5-23-13(21)12-8(2-3-15(16,17)18)6-26-11-4-10(20)19(11)12/h2-3,11H,4-6H2,1H3/t11-/m0/s1. The average Bonchev–Trinajstić information content (AvgIpc) is 2.86. The topological polar surface area (TPSA) is 90.0 Å². The molecule has 1 atom stereocenters. The van der Waals surface area contributed by atoms with Crippen LogP contribution in [0.2, 0.25) is 0 Å². The van der Waals surface area contributed by atoms with E-state index in [0.717, 1.165) is 11.0 Å². The van der Waals surface area contributed by atoms with Gasteiger partial charge in [0.1, 0.15) is 5.70 Å². The van der Waals surface area contributed by atoms with Crippen LogP contribution in [0.3, 0.4) is 0 Å². The van der Waals surface area contributed by atoms with Gasteiger partial charge in [0.2, 0.25) is 5.91 Å². The van der Waals surface area contributed by atoms with E-state index in [0.29, 0.717) is 0 Å². The summed E-state index contributed by atoms with van der Waals surface area (Å²) in [6, 6.07) is 0. The van der Waals surface area contributed by atoms with Gasteiger partial charge in [-0.2, -0.15) is 13.2 Å². The molecule has 0 aromatic carbocycles. The number of esters is 1. The van der Waals surface area contributed by atoms with Crippen molar-refractivity contribution in [2.45, 2.75) is 31.5 Å². The summed E-state index contributed by atoms with van der Waals surface area (Å²) in [6.07, 6.45) is -3.60. The van der Waals surface area contributed by atoms with E-state index in [1.54, 1.807) is 0 Å². The van der Waals surface area contributed by atoms with Gasteiger partial charge >= 0.3 is 18.0 Å². The Balaban J connectivity index is 1.85. The predicted molar refractivity (Wildman–Crippen MR) is 81.7 cm³/mol. The molecule has 0 bridgehead atoms. The molecule has 0 N–H and O–H groups in total. The molecule has 7 nitrogen and oxygen atoms in total. The molecule has 1 fully saturated rings. The van der Waals surface area contributed by atoms with Gasteiger partial charge in [0.05, 0.1) is 11.8 Å². The number of thioether (sulfide) groups is 1. The smallest absolute Gasteiger partial charge is 0.453 e. The SMILES string of the molecule is Cc1oc(=O)oc1COC(=O)C1=C(C=CC(F)(F)F)CS[C@H]2CC(=O)N12. The molecule has 1 amide bonds. The first-order valence-corrected chi connectivity index (χ1v) is 8.40. The molecule has 11 heteroatoms. The van der Waals surface area contributed by atoms with Crippen LogP contribution in [0.4, 0.5) is 13.2 Å². The minimum atomic E-state index is -4.56. The van der Waals surface area contributed by atoms with Crippen LogP contribution >= 0.6 is 11.8 Å². The molecular weight excluding hydrogens is 379 g/mol. The number of allylic oxidation sites excluding steroid dienone is 2. The predicted octanol–water partition coefficient (Wildman–Crippen LogP) is 2.26. The van der Waals surface area contributed by atoms with Crippen LogP contribution in [-0.4, -0.2) is 34.1 Å². The van der Waals surface area contributed by atoms with Crippen molar-refractivity contribution in [3.8, 4) is 0 Å². The summed E-state index contributed by atoms with van der Waals surface area (Å²) in [5, 5.41) is -0.304. The van der Waals surface area contributed by atoms with Crippen LogP contribution < -0.4 is 5.82 Å².